The predicted octanol–water partition coefficient (Wildman–Crippen LogP) is 5.59. The van der Waals surface area contributed by atoms with Gasteiger partial charge >= 0.3 is 5.97 Å². The Hall–Kier alpha value is -3.40. The second kappa shape index (κ2) is 10.9. The van der Waals surface area contributed by atoms with Crippen molar-refractivity contribution in [1.29, 1.82) is 0 Å². The maximum absolute atomic E-state index is 14.8. The number of hydrogen-bond acceptors (Lipinski definition) is 6. The number of likely N-dealkylation sites (tertiary alicyclic amines) is 1. The number of carboxylic acids is 1. The van der Waals surface area contributed by atoms with Crippen LogP contribution in [0.3, 0.4) is 0 Å². The van der Waals surface area contributed by atoms with Crippen molar-refractivity contribution < 1.29 is 28.5 Å². The zero-order chi connectivity index (χ0) is 27.9. The second-order valence-corrected chi connectivity index (χ2v) is 11.1. The first-order valence-electron chi connectivity index (χ1n) is 13.5. The molecule has 3 aromatic rings. The van der Waals surface area contributed by atoms with Crippen LogP contribution in [0.25, 0.3) is 6.08 Å². The number of piperidine rings is 1. The fourth-order valence-corrected chi connectivity index (χ4v) is 5.89. The van der Waals surface area contributed by atoms with Gasteiger partial charge in [0.1, 0.15) is 11.6 Å². The van der Waals surface area contributed by atoms with Gasteiger partial charge in [0, 0.05) is 30.2 Å². The lowest BCUT2D eigenvalue weighted by Gasteiger charge is -2.33. The first kappa shape index (κ1) is 26.8. The molecule has 0 aliphatic carbocycles. The summed E-state index contributed by atoms with van der Waals surface area (Å²) >= 11 is 5.95. The highest BCUT2D eigenvalue weighted by molar-refractivity contribution is 6.30. The number of imidazole rings is 1. The monoisotopic (exact) mass is 567 g/mol. The zero-order valence-corrected chi connectivity index (χ0v) is 22.9. The summed E-state index contributed by atoms with van der Waals surface area (Å²) in [4.78, 5) is 18.1. The molecular weight excluding hydrogens is 537 g/mol. The Morgan fingerprint density at radius 3 is 2.73 bits per heavy atom. The lowest BCUT2D eigenvalue weighted by Crippen LogP contribution is -2.35. The smallest absolute Gasteiger partial charge is 0.328 e. The second-order valence-electron chi connectivity index (χ2n) is 10.7. The largest absolute Gasteiger partial charge is 0.478 e. The lowest BCUT2D eigenvalue weighted by atomic mass is 9.88. The summed E-state index contributed by atoms with van der Waals surface area (Å²) < 4.78 is 34.9. The van der Waals surface area contributed by atoms with Crippen LogP contribution < -0.4 is 9.47 Å². The number of halogens is 2. The maximum atomic E-state index is 14.8. The molecule has 0 bridgehead atoms. The third kappa shape index (κ3) is 5.33. The fourth-order valence-electron chi connectivity index (χ4n) is 5.73. The minimum absolute atomic E-state index is 0.130. The van der Waals surface area contributed by atoms with Gasteiger partial charge < -0.3 is 23.9 Å². The Kier molecular flexibility index (Phi) is 7.29. The summed E-state index contributed by atoms with van der Waals surface area (Å²) in [5.41, 5.74) is 2.13. The highest BCUT2D eigenvalue weighted by Gasteiger charge is 2.43. The van der Waals surface area contributed by atoms with Crippen LogP contribution in [0.15, 0.2) is 48.7 Å². The van der Waals surface area contributed by atoms with Crippen molar-refractivity contribution >= 4 is 23.6 Å². The third-order valence-electron chi connectivity index (χ3n) is 7.97. The molecule has 2 aromatic carbocycles. The van der Waals surface area contributed by atoms with Crippen LogP contribution in [0.1, 0.15) is 54.7 Å². The quantitative estimate of drug-likeness (QED) is 0.355. The number of fused-ring (bicyclic) bond motifs is 1. The summed E-state index contributed by atoms with van der Waals surface area (Å²) in [6, 6.07) is 10.4. The van der Waals surface area contributed by atoms with Crippen LogP contribution in [-0.2, 0) is 28.4 Å². The minimum Gasteiger partial charge on any atom is -0.478 e. The molecule has 1 N–H and O–H groups in total. The Balaban J connectivity index is 1.14. The molecule has 2 saturated heterocycles. The van der Waals surface area contributed by atoms with Gasteiger partial charge in [-0.2, -0.15) is 0 Å². The van der Waals surface area contributed by atoms with Gasteiger partial charge in [-0.1, -0.05) is 23.7 Å². The molecule has 0 spiro atoms. The lowest BCUT2D eigenvalue weighted by molar-refractivity contribution is -0.131. The molecule has 3 aliphatic rings. The Morgan fingerprint density at radius 2 is 2.02 bits per heavy atom. The molecule has 8 nitrogen and oxygen atoms in total. The number of aromatic nitrogens is 2. The molecule has 210 valence electrons. The Morgan fingerprint density at radius 1 is 1.23 bits per heavy atom. The molecule has 0 saturated carbocycles. The number of ether oxygens (including phenoxy) is 3. The van der Waals surface area contributed by atoms with Crippen LogP contribution in [0.5, 0.6) is 11.5 Å². The molecular formula is C30H31ClFN3O5. The number of rotatable bonds is 8. The maximum Gasteiger partial charge on any atom is 0.328 e. The molecule has 4 heterocycles. The molecule has 40 heavy (non-hydrogen) atoms. The molecule has 3 aliphatic heterocycles. The van der Waals surface area contributed by atoms with Crippen molar-refractivity contribution in [2.24, 2.45) is 0 Å². The average Bonchev–Trinajstić information content (AvgIpc) is 3.45. The SMILES string of the molecule is CC1(c2ccc(Cl)cc2F)Oc2cccc(C3CCN(Cc4ncc(/C=C/C(=O)O)n4CC4CCO4)CC3)c2O1. The van der Waals surface area contributed by atoms with Gasteiger partial charge in [-0.15, -0.1) is 0 Å². The zero-order valence-electron chi connectivity index (χ0n) is 22.2. The van der Waals surface area contributed by atoms with E-state index in [0.717, 1.165) is 62.1 Å². The van der Waals surface area contributed by atoms with Gasteiger partial charge in [0.2, 0.25) is 0 Å². The van der Waals surface area contributed by atoms with E-state index in [4.69, 9.17) is 30.9 Å². The van der Waals surface area contributed by atoms with Gasteiger partial charge in [-0.05, 0) is 68.6 Å². The summed E-state index contributed by atoms with van der Waals surface area (Å²) in [6.07, 6.45) is 7.42. The summed E-state index contributed by atoms with van der Waals surface area (Å²) in [5.74, 6) is -0.288. The van der Waals surface area contributed by atoms with Crippen LogP contribution in [0.4, 0.5) is 4.39 Å². The summed E-state index contributed by atoms with van der Waals surface area (Å²) in [5, 5.41) is 9.39. The van der Waals surface area contributed by atoms with E-state index in [1.807, 2.05) is 12.1 Å². The summed E-state index contributed by atoms with van der Waals surface area (Å²) in [6.45, 7) is 5.54. The van der Waals surface area contributed by atoms with Gasteiger partial charge in [-0.25, -0.2) is 14.2 Å². The summed E-state index contributed by atoms with van der Waals surface area (Å²) in [7, 11) is 0. The van der Waals surface area contributed by atoms with E-state index in [2.05, 4.69) is 20.5 Å². The predicted molar refractivity (Wildman–Crippen MR) is 147 cm³/mol. The van der Waals surface area contributed by atoms with Crippen molar-refractivity contribution in [2.45, 2.75) is 57.1 Å². The normalized spacial score (nSPS) is 23.0. The van der Waals surface area contributed by atoms with Gasteiger partial charge in [-0.3, -0.25) is 4.90 Å². The number of aliphatic carboxylic acids is 1. The Bertz CT molecular complexity index is 1450. The van der Waals surface area contributed by atoms with Crippen molar-refractivity contribution in [3.8, 4) is 11.5 Å². The standard InChI is InChI=1S/C30H31ClFN3O5/c1-30(24-7-5-20(31)15-25(24)32)39-26-4-2-3-23(29(26)40-30)19-9-12-34(13-10-19)18-27-33-16-21(6-8-28(36)37)35(27)17-22-11-14-38-22/h2-8,15-16,19,22H,9-14,17-18H2,1H3,(H,36,37)/b8-6+. The van der Waals surface area contributed by atoms with E-state index in [1.54, 1.807) is 31.3 Å². The third-order valence-corrected chi connectivity index (χ3v) is 8.20. The first-order chi connectivity index (χ1) is 19.3. The first-order valence-corrected chi connectivity index (χ1v) is 13.9. The van der Waals surface area contributed by atoms with Crippen molar-refractivity contribution in [2.75, 3.05) is 19.7 Å². The number of nitrogens with zero attached hydrogens (tertiary/aromatic N) is 3. The van der Waals surface area contributed by atoms with Crippen LogP contribution >= 0.6 is 11.6 Å². The Labute approximate surface area is 236 Å². The van der Waals surface area contributed by atoms with Crippen molar-refractivity contribution in [3.63, 3.8) is 0 Å². The van der Waals surface area contributed by atoms with E-state index in [1.165, 1.54) is 6.07 Å². The highest BCUT2D eigenvalue weighted by Crippen LogP contribution is 2.49. The number of hydrogen-bond donors (Lipinski definition) is 1. The molecule has 2 atom stereocenters. The molecule has 6 rings (SSSR count). The fraction of sp³-hybridized carbons (Fsp3) is 0.400. The van der Waals surface area contributed by atoms with E-state index >= 15 is 0 Å². The van der Waals surface area contributed by atoms with Gasteiger partial charge in [0.25, 0.3) is 5.79 Å². The molecule has 10 heteroatoms. The van der Waals surface area contributed by atoms with Crippen LogP contribution in [-0.4, -0.2) is 51.3 Å². The van der Waals surface area contributed by atoms with Crippen LogP contribution in [0, 0.1) is 5.82 Å². The van der Waals surface area contributed by atoms with E-state index in [0.29, 0.717) is 35.2 Å². The molecule has 1 aromatic heterocycles. The van der Waals surface area contributed by atoms with Crippen LogP contribution in [0.2, 0.25) is 5.02 Å². The van der Waals surface area contributed by atoms with Gasteiger partial charge in [0.05, 0.1) is 36.6 Å². The molecule has 0 radical (unpaired) electrons. The average molecular weight is 568 g/mol. The van der Waals surface area contributed by atoms with E-state index < -0.39 is 17.6 Å². The topological polar surface area (TPSA) is 86.1 Å². The van der Waals surface area contributed by atoms with Crippen molar-refractivity contribution in [3.05, 3.63) is 82.2 Å². The number of carboxylic acid groups (broad SMARTS) is 1. The molecule has 2 fully saturated rings. The van der Waals surface area contributed by atoms with E-state index in [-0.39, 0.29) is 12.0 Å². The van der Waals surface area contributed by atoms with Crippen molar-refractivity contribution in [1.82, 2.24) is 14.5 Å². The minimum atomic E-state index is -1.28. The molecule has 2 unspecified atom stereocenters. The number of benzene rings is 2. The highest BCUT2D eigenvalue weighted by atomic mass is 35.5. The number of carbonyl (C=O) groups is 1. The van der Waals surface area contributed by atoms with Gasteiger partial charge in [0.15, 0.2) is 11.5 Å². The number of para-hydroxylation sites is 1. The van der Waals surface area contributed by atoms with E-state index in [9.17, 15) is 9.18 Å². The molecule has 0 amide bonds.